The zero-order valence-electron chi connectivity index (χ0n) is 14.5. The first kappa shape index (κ1) is 19.9. The van der Waals surface area contributed by atoms with E-state index in [0.29, 0.717) is 39.6 Å². The molecule has 4 nitrogen and oxygen atoms in total. The van der Waals surface area contributed by atoms with Gasteiger partial charge in [0, 0.05) is 6.61 Å². The Balaban J connectivity index is 1.72. The molecule has 1 aromatic rings. The van der Waals surface area contributed by atoms with Crippen molar-refractivity contribution in [2.24, 2.45) is 0 Å². The van der Waals surface area contributed by atoms with Crippen molar-refractivity contribution in [1.29, 1.82) is 0 Å². The quantitative estimate of drug-likeness (QED) is 0.429. The summed E-state index contributed by atoms with van der Waals surface area (Å²) in [6, 6.07) is 9.76. The van der Waals surface area contributed by atoms with Crippen molar-refractivity contribution < 1.29 is 18.9 Å². The Morgan fingerprint density at radius 3 is 1.83 bits per heavy atom. The van der Waals surface area contributed by atoms with Crippen molar-refractivity contribution in [2.75, 3.05) is 46.2 Å². The summed E-state index contributed by atoms with van der Waals surface area (Å²) < 4.78 is 21.9. The van der Waals surface area contributed by atoms with E-state index in [0.717, 1.165) is 18.8 Å². The molecular formula is C19H32O4. The van der Waals surface area contributed by atoms with Crippen LogP contribution in [0.2, 0.25) is 0 Å². The number of ether oxygens (including phenoxy) is 4. The van der Waals surface area contributed by atoms with Crippen molar-refractivity contribution in [2.45, 2.75) is 39.0 Å². The van der Waals surface area contributed by atoms with Gasteiger partial charge in [0.25, 0.3) is 0 Å². The molecule has 4 heteroatoms. The van der Waals surface area contributed by atoms with Crippen molar-refractivity contribution >= 4 is 0 Å². The second-order valence-corrected chi connectivity index (χ2v) is 5.41. The summed E-state index contributed by atoms with van der Waals surface area (Å²) in [5.41, 5.74) is 0. The van der Waals surface area contributed by atoms with Gasteiger partial charge in [-0.25, -0.2) is 0 Å². The van der Waals surface area contributed by atoms with Crippen LogP contribution in [0, 0.1) is 0 Å². The number of rotatable bonds is 16. The van der Waals surface area contributed by atoms with Crippen LogP contribution in [0.25, 0.3) is 0 Å². The van der Waals surface area contributed by atoms with Crippen LogP contribution in [-0.2, 0) is 14.2 Å². The van der Waals surface area contributed by atoms with Gasteiger partial charge in [-0.3, -0.25) is 0 Å². The van der Waals surface area contributed by atoms with Crippen LogP contribution in [0.3, 0.4) is 0 Å². The van der Waals surface area contributed by atoms with Gasteiger partial charge in [-0.15, -0.1) is 0 Å². The number of hydrogen-bond acceptors (Lipinski definition) is 4. The monoisotopic (exact) mass is 324 g/mol. The second-order valence-electron chi connectivity index (χ2n) is 5.41. The minimum atomic E-state index is 0.561. The standard InChI is InChI=1S/C19H32O4/c1-2-3-4-5-9-12-20-13-14-21-15-16-22-17-18-23-19-10-7-6-8-11-19/h6-8,10-11H,2-5,9,12-18H2,1H3. The molecule has 0 spiro atoms. The van der Waals surface area contributed by atoms with Crippen LogP contribution in [0.1, 0.15) is 39.0 Å². The molecule has 23 heavy (non-hydrogen) atoms. The first-order valence-corrected chi connectivity index (χ1v) is 8.84. The largest absolute Gasteiger partial charge is 0.491 e. The molecule has 0 radical (unpaired) electrons. The van der Waals surface area contributed by atoms with E-state index in [1.54, 1.807) is 0 Å². The summed E-state index contributed by atoms with van der Waals surface area (Å²) in [7, 11) is 0. The SMILES string of the molecule is CCCCCCCOCCOCCOCCOc1ccccc1. The van der Waals surface area contributed by atoms with Crippen molar-refractivity contribution in [1.82, 2.24) is 0 Å². The Kier molecular flexibility index (Phi) is 13.7. The fourth-order valence-electron chi connectivity index (χ4n) is 2.08. The van der Waals surface area contributed by atoms with E-state index in [4.69, 9.17) is 18.9 Å². The molecule has 0 saturated heterocycles. The van der Waals surface area contributed by atoms with Crippen LogP contribution < -0.4 is 4.74 Å². The molecule has 1 rings (SSSR count). The first-order chi connectivity index (χ1) is 11.4. The molecule has 0 N–H and O–H groups in total. The second kappa shape index (κ2) is 15.8. The highest BCUT2D eigenvalue weighted by atomic mass is 16.6. The smallest absolute Gasteiger partial charge is 0.119 e. The maximum atomic E-state index is 5.53. The molecule has 0 fully saturated rings. The summed E-state index contributed by atoms with van der Waals surface area (Å²) in [6.45, 7) is 6.72. The third-order valence-electron chi connectivity index (χ3n) is 3.38. The highest BCUT2D eigenvalue weighted by Gasteiger charge is 1.94. The summed E-state index contributed by atoms with van der Waals surface area (Å²) in [5.74, 6) is 0.874. The molecule has 0 unspecified atom stereocenters. The molecule has 0 atom stereocenters. The molecule has 0 saturated carbocycles. The lowest BCUT2D eigenvalue weighted by Crippen LogP contribution is -2.12. The average molecular weight is 324 g/mol. The van der Waals surface area contributed by atoms with E-state index in [1.165, 1.54) is 25.7 Å². The topological polar surface area (TPSA) is 36.9 Å². The Morgan fingerprint density at radius 1 is 0.609 bits per heavy atom. The minimum absolute atomic E-state index is 0.561. The van der Waals surface area contributed by atoms with Crippen LogP contribution >= 0.6 is 0 Å². The van der Waals surface area contributed by atoms with Gasteiger partial charge in [-0.05, 0) is 18.6 Å². The molecule has 0 aromatic heterocycles. The van der Waals surface area contributed by atoms with E-state index in [9.17, 15) is 0 Å². The summed E-state index contributed by atoms with van der Waals surface area (Å²) in [5, 5.41) is 0. The molecule has 0 amide bonds. The van der Waals surface area contributed by atoms with E-state index in [2.05, 4.69) is 6.92 Å². The van der Waals surface area contributed by atoms with Crippen molar-refractivity contribution in [3.05, 3.63) is 30.3 Å². The normalized spacial score (nSPS) is 10.8. The molecule has 0 heterocycles. The lowest BCUT2D eigenvalue weighted by atomic mass is 10.2. The number of hydrogen-bond donors (Lipinski definition) is 0. The zero-order valence-corrected chi connectivity index (χ0v) is 14.5. The van der Waals surface area contributed by atoms with Crippen molar-refractivity contribution in [3.8, 4) is 5.75 Å². The molecule has 0 aliphatic rings. The molecular weight excluding hydrogens is 292 g/mol. The molecule has 0 aliphatic heterocycles. The lowest BCUT2D eigenvalue weighted by Gasteiger charge is -2.08. The molecule has 1 aromatic carbocycles. The third kappa shape index (κ3) is 13.1. The average Bonchev–Trinajstić information content (AvgIpc) is 2.59. The lowest BCUT2D eigenvalue weighted by molar-refractivity contribution is 0.00878. The van der Waals surface area contributed by atoms with E-state index in [-0.39, 0.29) is 0 Å². The van der Waals surface area contributed by atoms with Gasteiger partial charge >= 0.3 is 0 Å². The maximum absolute atomic E-state index is 5.53. The Morgan fingerprint density at radius 2 is 1.17 bits per heavy atom. The van der Waals surface area contributed by atoms with Crippen LogP contribution in [-0.4, -0.2) is 46.2 Å². The third-order valence-corrected chi connectivity index (χ3v) is 3.38. The predicted octanol–water partition coefficient (Wildman–Crippen LogP) is 4.09. The molecule has 0 bridgehead atoms. The van der Waals surface area contributed by atoms with Crippen molar-refractivity contribution in [3.63, 3.8) is 0 Å². The van der Waals surface area contributed by atoms with Crippen LogP contribution in [0.15, 0.2) is 30.3 Å². The van der Waals surface area contributed by atoms with Gasteiger partial charge in [-0.1, -0.05) is 50.8 Å². The zero-order chi connectivity index (χ0) is 16.4. The van der Waals surface area contributed by atoms with E-state index >= 15 is 0 Å². The maximum Gasteiger partial charge on any atom is 0.119 e. The van der Waals surface area contributed by atoms with Crippen LogP contribution in [0.5, 0.6) is 5.75 Å². The van der Waals surface area contributed by atoms with Gasteiger partial charge in [0.05, 0.1) is 33.0 Å². The predicted molar refractivity (Wildman–Crippen MR) is 93.2 cm³/mol. The van der Waals surface area contributed by atoms with Gasteiger partial charge < -0.3 is 18.9 Å². The van der Waals surface area contributed by atoms with Gasteiger partial charge in [-0.2, -0.15) is 0 Å². The van der Waals surface area contributed by atoms with Gasteiger partial charge in [0.1, 0.15) is 12.4 Å². The fraction of sp³-hybridized carbons (Fsp3) is 0.684. The molecule has 0 aliphatic carbocycles. The Hall–Kier alpha value is -1.10. The highest BCUT2D eigenvalue weighted by Crippen LogP contribution is 2.07. The fourth-order valence-corrected chi connectivity index (χ4v) is 2.08. The highest BCUT2D eigenvalue weighted by molar-refractivity contribution is 5.20. The summed E-state index contributed by atoms with van der Waals surface area (Å²) >= 11 is 0. The van der Waals surface area contributed by atoms with E-state index in [1.807, 2.05) is 30.3 Å². The summed E-state index contributed by atoms with van der Waals surface area (Å²) in [6.07, 6.45) is 6.37. The molecule has 132 valence electrons. The van der Waals surface area contributed by atoms with E-state index < -0.39 is 0 Å². The first-order valence-electron chi connectivity index (χ1n) is 8.84. The minimum Gasteiger partial charge on any atom is -0.491 e. The van der Waals surface area contributed by atoms with Gasteiger partial charge in [0.2, 0.25) is 0 Å². The van der Waals surface area contributed by atoms with Crippen LogP contribution in [0.4, 0.5) is 0 Å². The number of benzene rings is 1. The van der Waals surface area contributed by atoms with Gasteiger partial charge in [0.15, 0.2) is 0 Å². The summed E-state index contributed by atoms with van der Waals surface area (Å²) in [4.78, 5) is 0. The Bertz CT molecular complexity index is 342. The number of unbranched alkanes of at least 4 members (excludes halogenated alkanes) is 4. The Labute approximate surface area is 141 Å². The number of para-hydroxylation sites is 1.